The van der Waals surface area contributed by atoms with Gasteiger partial charge < -0.3 is 10.2 Å². The van der Waals surface area contributed by atoms with E-state index >= 15 is 0 Å². The second-order valence-electron chi connectivity index (χ2n) is 9.09. The lowest BCUT2D eigenvalue weighted by Gasteiger charge is -2.07. The Morgan fingerprint density at radius 2 is 1.19 bits per heavy atom. The minimum absolute atomic E-state index is 0.200. The molecular weight excluding hydrogens is 384 g/mol. The molecule has 0 aliphatic heterocycles. The fourth-order valence-corrected chi connectivity index (χ4v) is 3.87. The second-order valence-corrected chi connectivity index (χ2v) is 9.09. The fourth-order valence-electron chi connectivity index (χ4n) is 3.87. The van der Waals surface area contributed by atoms with Gasteiger partial charge >= 0.3 is 5.97 Å². The van der Waals surface area contributed by atoms with Gasteiger partial charge in [0, 0.05) is 6.42 Å². The molecule has 1 atom stereocenters. The number of carboxylic acid groups (broad SMARTS) is 1. The Labute approximate surface area is 193 Å². The van der Waals surface area contributed by atoms with Crippen LogP contribution in [0.25, 0.3) is 0 Å². The number of allylic oxidation sites excluding steroid dienone is 3. The Hall–Kier alpha value is -1.09. The summed E-state index contributed by atoms with van der Waals surface area (Å²) in [6.07, 6.45) is 32.8. The van der Waals surface area contributed by atoms with Gasteiger partial charge in [0.1, 0.15) is 0 Å². The van der Waals surface area contributed by atoms with Gasteiger partial charge in [0.2, 0.25) is 0 Å². The zero-order valence-corrected chi connectivity index (χ0v) is 20.5. The first-order valence-corrected chi connectivity index (χ1v) is 13.4. The topological polar surface area (TPSA) is 57.5 Å². The standard InChI is InChI=1S/C28H52O3/c1-2-3-4-5-6-7-8-9-10-11-12-15-18-21-24-27(29)25-22-19-16-13-14-17-20-23-26-28(30)31/h11-12,18,21,27,29H,2-10,13-17,19-20,22-26H2,1H3,(H,30,31). The van der Waals surface area contributed by atoms with E-state index in [1.54, 1.807) is 0 Å². The summed E-state index contributed by atoms with van der Waals surface area (Å²) in [5.41, 5.74) is 0. The van der Waals surface area contributed by atoms with Crippen molar-refractivity contribution in [2.45, 2.75) is 148 Å². The van der Waals surface area contributed by atoms with Crippen molar-refractivity contribution >= 4 is 5.97 Å². The maximum atomic E-state index is 10.4. The smallest absolute Gasteiger partial charge is 0.303 e. The van der Waals surface area contributed by atoms with Crippen LogP contribution >= 0.6 is 0 Å². The maximum Gasteiger partial charge on any atom is 0.303 e. The average Bonchev–Trinajstić information content (AvgIpc) is 2.75. The predicted molar refractivity (Wildman–Crippen MR) is 135 cm³/mol. The first-order chi connectivity index (χ1) is 15.2. The first kappa shape index (κ1) is 29.9. The molecule has 0 saturated carbocycles. The van der Waals surface area contributed by atoms with Gasteiger partial charge in [0.15, 0.2) is 0 Å². The highest BCUT2D eigenvalue weighted by atomic mass is 16.4. The van der Waals surface area contributed by atoms with Crippen LogP contribution < -0.4 is 0 Å². The monoisotopic (exact) mass is 436 g/mol. The van der Waals surface area contributed by atoms with Gasteiger partial charge in [0.05, 0.1) is 6.10 Å². The van der Waals surface area contributed by atoms with Gasteiger partial charge in [-0.3, -0.25) is 4.79 Å². The molecule has 0 spiro atoms. The van der Waals surface area contributed by atoms with Gasteiger partial charge in [-0.2, -0.15) is 0 Å². The molecule has 2 N–H and O–H groups in total. The van der Waals surface area contributed by atoms with E-state index < -0.39 is 5.97 Å². The van der Waals surface area contributed by atoms with Crippen molar-refractivity contribution in [2.24, 2.45) is 0 Å². The number of hydrogen-bond donors (Lipinski definition) is 2. The Morgan fingerprint density at radius 3 is 1.81 bits per heavy atom. The van der Waals surface area contributed by atoms with Crippen LogP contribution in [0.2, 0.25) is 0 Å². The molecule has 1 unspecified atom stereocenters. The summed E-state index contributed by atoms with van der Waals surface area (Å²) >= 11 is 0. The van der Waals surface area contributed by atoms with Gasteiger partial charge in [0.25, 0.3) is 0 Å². The van der Waals surface area contributed by atoms with Crippen LogP contribution in [0.4, 0.5) is 0 Å². The summed E-state index contributed by atoms with van der Waals surface area (Å²) < 4.78 is 0. The minimum atomic E-state index is -0.682. The number of aliphatic carboxylic acids is 1. The zero-order valence-electron chi connectivity index (χ0n) is 20.5. The molecule has 0 fully saturated rings. The average molecular weight is 437 g/mol. The van der Waals surface area contributed by atoms with Gasteiger partial charge in [-0.15, -0.1) is 0 Å². The summed E-state index contributed by atoms with van der Waals surface area (Å²) in [4.78, 5) is 10.4. The highest BCUT2D eigenvalue weighted by molar-refractivity contribution is 5.66. The van der Waals surface area contributed by atoms with E-state index in [0.717, 1.165) is 44.9 Å². The van der Waals surface area contributed by atoms with Crippen molar-refractivity contribution in [1.82, 2.24) is 0 Å². The summed E-state index contributed by atoms with van der Waals surface area (Å²) in [5, 5.41) is 18.7. The van der Waals surface area contributed by atoms with E-state index in [9.17, 15) is 9.90 Å². The third-order valence-corrected chi connectivity index (χ3v) is 5.92. The molecule has 0 rings (SSSR count). The second kappa shape index (κ2) is 25.2. The molecule has 0 aromatic rings. The molecule has 3 heteroatoms. The maximum absolute atomic E-state index is 10.4. The van der Waals surface area contributed by atoms with Gasteiger partial charge in [-0.1, -0.05) is 121 Å². The highest BCUT2D eigenvalue weighted by Gasteiger charge is 2.01. The van der Waals surface area contributed by atoms with Crippen molar-refractivity contribution in [3.05, 3.63) is 24.3 Å². The molecule has 0 aromatic heterocycles. The Bertz CT molecular complexity index is 428. The van der Waals surface area contributed by atoms with Crippen LogP contribution in [0.3, 0.4) is 0 Å². The van der Waals surface area contributed by atoms with Crippen molar-refractivity contribution in [1.29, 1.82) is 0 Å². The molecule has 0 amide bonds. The summed E-state index contributed by atoms with van der Waals surface area (Å²) in [6, 6.07) is 0. The number of rotatable bonds is 24. The predicted octanol–water partition coefficient (Wildman–Crippen LogP) is 8.76. The van der Waals surface area contributed by atoms with E-state index in [0.29, 0.717) is 6.42 Å². The SMILES string of the molecule is CCCCCCCCCCC=CCC=CCC(O)CCCCCCCCCCC(=O)O. The quantitative estimate of drug-likeness (QED) is 0.117. The lowest BCUT2D eigenvalue weighted by Crippen LogP contribution is -2.04. The zero-order chi connectivity index (χ0) is 22.8. The number of hydrogen-bond acceptors (Lipinski definition) is 2. The van der Waals surface area contributed by atoms with Crippen molar-refractivity contribution in [3.63, 3.8) is 0 Å². The lowest BCUT2D eigenvalue weighted by atomic mass is 10.0. The Balaban J connectivity index is 3.32. The number of aliphatic hydroxyl groups is 1. The molecule has 31 heavy (non-hydrogen) atoms. The van der Waals surface area contributed by atoms with Gasteiger partial charge in [-0.05, 0) is 38.5 Å². The normalized spacial score (nSPS) is 12.8. The van der Waals surface area contributed by atoms with Crippen LogP contribution in [0.1, 0.15) is 142 Å². The van der Waals surface area contributed by atoms with Crippen molar-refractivity contribution in [3.8, 4) is 0 Å². The molecular formula is C28H52O3. The van der Waals surface area contributed by atoms with Crippen LogP contribution in [0.15, 0.2) is 24.3 Å². The molecule has 0 aliphatic carbocycles. The van der Waals surface area contributed by atoms with Crippen LogP contribution in [0, 0.1) is 0 Å². The van der Waals surface area contributed by atoms with E-state index in [1.807, 2.05) is 0 Å². The number of unbranched alkanes of at least 4 members (excludes halogenated alkanes) is 15. The van der Waals surface area contributed by atoms with Crippen LogP contribution in [0.5, 0.6) is 0 Å². The molecule has 0 radical (unpaired) electrons. The fraction of sp³-hybridized carbons (Fsp3) is 0.821. The Kier molecular flexibility index (Phi) is 24.3. The number of aliphatic hydroxyl groups excluding tert-OH is 1. The summed E-state index contributed by atoms with van der Waals surface area (Å²) in [6.45, 7) is 2.27. The highest BCUT2D eigenvalue weighted by Crippen LogP contribution is 2.13. The molecule has 0 aromatic carbocycles. The summed E-state index contributed by atoms with van der Waals surface area (Å²) in [5.74, 6) is -0.682. The van der Waals surface area contributed by atoms with Crippen molar-refractivity contribution in [2.75, 3.05) is 0 Å². The number of carboxylic acids is 1. The first-order valence-electron chi connectivity index (χ1n) is 13.4. The molecule has 0 aliphatic rings. The molecule has 0 heterocycles. The van der Waals surface area contributed by atoms with E-state index in [4.69, 9.17) is 5.11 Å². The summed E-state index contributed by atoms with van der Waals surface area (Å²) in [7, 11) is 0. The third kappa shape index (κ3) is 26.9. The number of carbonyl (C=O) groups is 1. The molecule has 182 valence electrons. The lowest BCUT2D eigenvalue weighted by molar-refractivity contribution is -0.137. The largest absolute Gasteiger partial charge is 0.481 e. The van der Waals surface area contributed by atoms with E-state index in [-0.39, 0.29) is 6.10 Å². The Morgan fingerprint density at radius 1 is 0.677 bits per heavy atom. The van der Waals surface area contributed by atoms with E-state index in [1.165, 1.54) is 83.5 Å². The molecule has 0 saturated heterocycles. The van der Waals surface area contributed by atoms with Crippen LogP contribution in [-0.4, -0.2) is 22.3 Å². The third-order valence-electron chi connectivity index (χ3n) is 5.92. The molecule has 0 bridgehead atoms. The van der Waals surface area contributed by atoms with Crippen molar-refractivity contribution < 1.29 is 15.0 Å². The van der Waals surface area contributed by atoms with Gasteiger partial charge in [-0.25, -0.2) is 0 Å². The van der Waals surface area contributed by atoms with Crippen LogP contribution in [-0.2, 0) is 4.79 Å². The molecule has 3 nitrogen and oxygen atoms in total. The van der Waals surface area contributed by atoms with E-state index in [2.05, 4.69) is 31.2 Å². The minimum Gasteiger partial charge on any atom is -0.481 e.